The molecule has 1 fully saturated rings. The number of furan rings is 1. The van der Waals surface area contributed by atoms with E-state index in [0.29, 0.717) is 52.8 Å². The molecule has 3 aromatic heterocycles. The fourth-order valence-corrected chi connectivity index (χ4v) is 6.12. The lowest BCUT2D eigenvalue weighted by molar-refractivity contribution is 0.267. The maximum atomic E-state index is 9.33. The van der Waals surface area contributed by atoms with Gasteiger partial charge in [0.25, 0.3) is 0 Å². The molecule has 3 heterocycles. The molecule has 0 bridgehead atoms. The van der Waals surface area contributed by atoms with E-state index in [1.54, 1.807) is 12.3 Å². The van der Waals surface area contributed by atoms with Gasteiger partial charge in [-0.3, -0.25) is 4.98 Å². The van der Waals surface area contributed by atoms with E-state index in [4.69, 9.17) is 18.5 Å². The Morgan fingerprint density at radius 2 is 1.61 bits per heavy atom. The maximum Gasteiger partial charge on any atom is 0.227 e. The third-order valence-electron chi connectivity index (χ3n) is 7.66. The first-order valence-corrected chi connectivity index (χ1v) is 12.8. The standard InChI is InChI=1S/C33H34N2O/c1-19-14-20(2)16-24(15-19)28-18-34-30(17-23(28)5)27-11-7-10-25-26-12-13-29(35-33(26)36-32(25)27)31-21(3)8-6-9-22(31)4/h6-13,17-20,24H,14-16H2,1-5H3/i5D3,24D. The van der Waals surface area contributed by atoms with Crippen molar-refractivity contribution in [2.45, 2.75) is 59.7 Å². The van der Waals surface area contributed by atoms with Crippen LogP contribution >= 0.6 is 0 Å². The Morgan fingerprint density at radius 3 is 2.36 bits per heavy atom. The van der Waals surface area contributed by atoms with Gasteiger partial charge in [-0.05, 0) is 104 Å². The SMILES string of the molecule is [2H]C([2H])([2H])c1cc(-c2cccc3c2oc2nc(-c4c(C)cccc4C)ccc23)ncc1C1([2H])CC(C)CC(C)C1. The molecular weight excluding hydrogens is 440 g/mol. The molecule has 0 aliphatic heterocycles. The van der Waals surface area contributed by atoms with Crippen LogP contribution in [0.5, 0.6) is 0 Å². The number of pyridine rings is 2. The van der Waals surface area contributed by atoms with Gasteiger partial charge < -0.3 is 4.42 Å². The number of benzene rings is 2. The number of aromatic nitrogens is 2. The summed E-state index contributed by atoms with van der Waals surface area (Å²) in [7, 11) is 0. The van der Waals surface area contributed by atoms with Crippen LogP contribution in [0.4, 0.5) is 0 Å². The Balaban J connectivity index is 1.50. The van der Waals surface area contributed by atoms with Crippen molar-refractivity contribution in [3.63, 3.8) is 0 Å². The highest BCUT2D eigenvalue weighted by molar-refractivity contribution is 6.08. The first-order valence-electron chi connectivity index (χ1n) is 14.8. The Morgan fingerprint density at radius 1 is 0.861 bits per heavy atom. The van der Waals surface area contributed by atoms with Crippen molar-refractivity contribution in [2.75, 3.05) is 0 Å². The summed E-state index contributed by atoms with van der Waals surface area (Å²) in [4.78, 5) is 9.64. The molecular formula is C33H34N2O. The van der Waals surface area contributed by atoms with Crippen LogP contribution in [0.25, 0.3) is 44.6 Å². The third-order valence-corrected chi connectivity index (χ3v) is 7.66. The molecule has 1 saturated carbocycles. The van der Waals surface area contributed by atoms with Gasteiger partial charge in [0.05, 0.1) is 11.4 Å². The molecule has 1 aliphatic rings. The van der Waals surface area contributed by atoms with E-state index in [9.17, 15) is 1.37 Å². The van der Waals surface area contributed by atoms with E-state index in [2.05, 4.69) is 39.8 Å². The van der Waals surface area contributed by atoms with Crippen molar-refractivity contribution in [3.8, 4) is 22.5 Å². The van der Waals surface area contributed by atoms with E-state index in [0.717, 1.165) is 39.6 Å². The van der Waals surface area contributed by atoms with Crippen molar-refractivity contribution in [3.05, 3.63) is 83.0 Å². The van der Waals surface area contributed by atoms with Crippen LogP contribution in [0.1, 0.15) is 66.7 Å². The molecule has 0 amide bonds. The van der Waals surface area contributed by atoms with Crippen molar-refractivity contribution in [1.29, 1.82) is 0 Å². The molecule has 3 heteroatoms. The van der Waals surface area contributed by atoms with E-state index in [1.807, 2.05) is 36.4 Å². The lowest BCUT2D eigenvalue weighted by Crippen LogP contribution is -2.19. The number of hydrogen-bond donors (Lipinski definition) is 0. The van der Waals surface area contributed by atoms with Gasteiger partial charge >= 0.3 is 0 Å². The molecule has 3 nitrogen and oxygen atoms in total. The average molecular weight is 479 g/mol. The molecule has 6 rings (SSSR count). The zero-order valence-electron chi connectivity index (χ0n) is 25.4. The Hall–Kier alpha value is -3.46. The summed E-state index contributed by atoms with van der Waals surface area (Å²) in [6, 6.07) is 17.8. The molecule has 1 aliphatic carbocycles. The number of para-hydroxylation sites is 1. The summed E-state index contributed by atoms with van der Waals surface area (Å²) in [5.41, 5.74) is 7.38. The molecule has 0 radical (unpaired) electrons. The van der Waals surface area contributed by atoms with E-state index < -0.39 is 12.7 Å². The fourth-order valence-electron chi connectivity index (χ4n) is 6.12. The Bertz CT molecular complexity index is 1720. The molecule has 2 atom stereocenters. The van der Waals surface area contributed by atoms with Crippen LogP contribution in [0, 0.1) is 32.5 Å². The quantitative estimate of drug-likeness (QED) is 0.259. The van der Waals surface area contributed by atoms with E-state index >= 15 is 0 Å². The first kappa shape index (κ1) is 18.8. The molecule has 2 aromatic carbocycles. The molecule has 36 heavy (non-hydrogen) atoms. The van der Waals surface area contributed by atoms with Crippen LogP contribution in [-0.4, -0.2) is 9.97 Å². The fraction of sp³-hybridized carbons (Fsp3) is 0.333. The van der Waals surface area contributed by atoms with Gasteiger partial charge in [-0.15, -0.1) is 0 Å². The minimum Gasteiger partial charge on any atom is -0.437 e. The predicted molar refractivity (Wildman–Crippen MR) is 149 cm³/mol. The summed E-state index contributed by atoms with van der Waals surface area (Å²) in [5, 5.41) is 1.80. The lowest BCUT2D eigenvalue weighted by atomic mass is 9.73. The van der Waals surface area contributed by atoms with Crippen LogP contribution in [0.15, 0.2) is 65.2 Å². The van der Waals surface area contributed by atoms with Crippen LogP contribution in [-0.2, 0) is 0 Å². The summed E-state index contributed by atoms with van der Waals surface area (Å²) in [6.45, 7) is 6.10. The second-order valence-electron chi connectivity index (χ2n) is 10.7. The van der Waals surface area contributed by atoms with Crippen LogP contribution < -0.4 is 0 Å². The number of nitrogens with zero attached hydrogens (tertiary/aromatic N) is 2. The molecule has 0 N–H and O–H groups in total. The number of aryl methyl sites for hydroxylation is 3. The minimum atomic E-state index is -2.37. The van der Waals surface area contributed by atoms with Gasteiger partial charge in [0.2, 0.25) is 5.71 Å². The zero-order chi connectivity index (χ0) is 28.4. The second-order valence-corrected chi connectivity index (χ2v) is 10.7. The first-order chi connectivity index (χ1) is 18.9. The van der Waals surface area contributed by atoms with Gasteiger partial charge in [-0.25, -0.2) is 4.98 Å². The topological polar surface area (TPSA) is 38.9 Å². The monoisotopic (exact) mass is 478 g/mol. The van der Waals surface area contributed by atoms with Gasteiger partial charge in [-0.1, -0.05) is 44.2 Å². The highest BCUT2D eigenvalue weighted by Crippen LogP contribution is 2.41. The predicted octanol–water partition coefficient (Wildman–Crippen LogP) is 9.17. The van der Waals surface area contributed by atoms with Crippen molar-refractivity contribution in [2.24, 2.45) is 11.8 Å². The largest absolute Gasteiger partial charge is 0.437 e. The number of fused-ring (bicyclic) bond motifs is 3. The average Bonchev–Trinajstić information content (AvgIpc) is 3.25. The van der Waals surface area contributed by atoms with Gasteiger partial charge in [0, 0.05) is 33.6 Å². The van der Waals surface area contributed by atoms with Crippen LogP contribution in [0.2, 0.25) is 0 Å². The lowest BCUT2D eigenvalue weighted by Gasteiger charge is -2.32. The van der Waals surface area contributed by atoms with E-state index in [1.165, 1.54) is 0 Å². The minimum absolute atomic E-state index is 0.206. The van der Waals surface area contributed by atoms with Crippen molar-refractivity contribution < 1.29 is 9.90 Å². The highest BCUT2D eigenvalue weighted by atomic mass is 16.3. The maximum absolute atomic E-state index is 9.33. The molecule has 182 valence electrons. The molecule has 2 unspecified atom stereocenters. The normalized spacial score (nSPS) is 24.3. The highest BCUT2D eigenvalue weighted by Gasteiger charge is 2.26. The van der Waals surface area contributed by atoms with Gasteiger partial charge in [-0.2, -0.15) is 0 Å². The molecule has 5 aromatic rings. The summed E-state index contributed by atoms with van der Waals surface area (Å²) >= 11 is 0. The molecule has 0 saturated heterocycles. The van der Waals surface area contributed by atoms with Gasteiger partial charge in [0.15, 0.2) is 0 Å². The summed E-state index contributed by atoms with van der Waals surface area (Å²) in [6.07, 6.45) is 3.96. The van der Waals surface area contributed by atoms with Crippen LogP contribution in [0.3, 0.4) is 0 Å². The smallest absolute Gasteiger partial charge is 0.227 e. The number of rotatable bonds is 3. The van der Waals surface area contributed by atoms with Gasteiger partial charge in [0.1, 0.15) is 5.58 Å². The third kappa shape index (κ3) is 3.91. The van der Waals surface area contributed by atoms with Crippen molar-refractivity contribution in [1.82, 2.24) is 9.97 Å². The summed E-state index contributed by atoms with van der Waals surface area (Å²) < 4.78 is 40.8. The molecule has 0 spiro atoms. The number of hydrogen-bond acceptors (Lipinski definition) is 3. The zero-order valence-corrected chi connectivity index (χ0v) is 21.4. The Labute approximate surface area is 219 Å². The Kier molecular flexibility index (Phi) is 4.63. The summed E-state index contributed by atoms with van der Waals surface area (Å²) in [5.74, 6) is -0.253. The second kappa shape index (κ2) is 8.89. The van der Waals surface area contributed by atoms with E-state index in [-0.39, 0.29) is 5.56 Å². The van der Waals surface area contributed by atoms with Crippen molar-refractivity contribution >= 4 is 22.1 Å².